The summed E-state index contributed by atoms with van der Waals surface area (Å²) in [6, 6.07) is 2.04. The molecule has 0 bridgehead atoms. The molecule has 0 aromatic heterocycles. The maximum Gasteiger partial charge on any atom is 0.338 e. The molecule has 15 heavy (non-hydrogen) atoms. The highest BCUT2D eigenvalue weighted by Crippen LogP contribution is 2.29. The van der Waals surface area contributed by atoms with Crippen LogP contribution in [0.3, 0.4) is 0 Å². The van der Waals surface area contributed by atoms with Crippen LogP contribution in [0.5, 0.6) is 0 Å². The Morgan fingerprint density at radius 2 is 2.07 bits per heavy atom. The number of methoxy groups -OCH3 is 1. The van der Waals surface area contributed by atoms with Gasteiger partial charge in [0.15, 0.2) is 5.82 Å². The average molecular weight is 219 g/mol. The highest BCUT2D eigenvalue weighted by atomic mass is 19.3. The number of alkyl halides is 2. The first-order valence-electron chi connectivity index (χ1n) is 3.93. The summed E-state index contributed by atoms with van der Waals surface area (Å²) in [4.78, 5) is 11.0. The normalized spacial score (nSPS) is 10.5. The first-order valence-corrected chi connectivity index (χ1v) is 3.93. The van der Waals surface area contributed by atoms with Crippen molar-refractivity contribution in [2.75, 3.05) is 12.8 Å². The molecule has 82 valence electrons. The number of nitrogens with two attached hydrogens (primary N) is 1. The lowest BCUT2D eigenvalue weighted by Crippen LogP contribution is -2.09. The smallest absolute Gasteiger partial charge is 0.338 e. The molecule has 1 aromatic rings. The number of nitrogen functional groups attached to an aromatic ring is 1. The fourth-order valence-corrected chi connectivity index (χ4v) is 1.11. The van der Waals surface area contributed by atoms with Crippen molar-refractivity contribution >= 4 is 11.7 Å². The molecule has 0 aliphatic carbocycles. The number of esters is 1. The maximum atomic E-state index is 13.2. The van der Waals surface area contributed by atoms with Gasteiger partial charge in [0, 0.05) is 0 Å². The van der Waals surface area contributed by atoms with Gasteiger partial charge in [-0.1, -0.05) is 0 Å². The van der Waals surface area contributed by atoms with E-state index < -0.39 is 35.0 Å². The van der Waals surface area contributed by atoms with Crippen LogP contribution in [-0.4, -0.2) is 13.1 Å². The predicted molar refractivity (Wildman–Crippen MR) is 47.1 cm³/mol. The molecule has 1 rings (SSSR count). The lowest BCUT2D eigenvalue weighted by atomic mass is 10.1. The summed E-state index contributed by atoms with van der Waals surface area (Å²) in [7, 11) is 1.02. The van der Waals surface area contributed by atoms with Gasteiger partial charge >= 0.3 is 5.97 Å². The van der Waals surface area contributed by atoms with Gasteiger partial charge in [0.1, 0.15) is 0 Å². The number of anilines is 1. The molecule has 6 heteroatoms. The Morgan fingerprint density at radius 1 is 1.47 bits per heavy atom. The minimum absolute atomic E-state index is 0.432. The summed E-state index contributed by atoms with van der Waals surface area (Å²) in [5.74, 6) is -2.31. The van der Waals surface area contributed by atoms with E-state index in [1.54, 1.807) is 0 Å². The molecule has 0 aliphatic rings. The Hall–Kier alpha value is -1.72. The molecule has 2 N–H and O–H groups in total. The lowest BCUT2D eigenvalue weighted by molar-refractivity contribution is 0.0587. The summed E-state index contributed by atoms with van der Waals surface area (Å²) in [6.45, 7) is 0. The van der Waals surface area contributed by atoms with Crippen molar-refractivity contribution in [2.45, 2.75) is 6.43 Å². The molecular formula is C9H8F3NO2. The topological polar surface area (TPSA) is 52.3 Å². The van der Waals surface area contributed by atoms with Crippen molar-refractivity contribution in [2.24, 2.45) is 0 Å². The number of rotatable bonds is 2. The van der Waals surface area contributed by atoms with Gasteiger partial charge < -0.3 is 10.5 Å². The zero-order chi connectivity index (χ0) is 11.6. The van der Waals surface area contributed by atoms with E-state index in [4.69, 9.17) is 5.73 Å². The van der Waals surface area contributed by atoms with Crippen molar-refractivity contribution < 1.29 is 22.7 Å². The maximum absolute atomic E-state index is 13.2. The predicted octanol–water partition coefficient (Wildman–Crippen LogP) is 2.13. The molecule has 0 radical (unpaired) electrons. The third-order valence-corrected chi connectivity index (χ3v) is 1.83. The number of hydrogen-bond donors (Lipinski definition) is 1. The van der Waals surface area contributed by atoms with E-state index in [-0.39, 0.29) is 0 Å². The van der Waals surface area contributed by atoms with Crippen molar-refractivity contribution in [3.05, 3.63) is 29.1 Å². The molecule has 0 aliphatic heterocycles. The van der Waals surface area contributed by atoms with E-state index in [9.17, 15) is 18.0 Å². The monoisotopic (exact) mass is 219 g/mol. The first kappa shape index (κ1) is 11.4. The van der Waals surface area contributed by atoms with E-state index in [1.165, 1.54) is 0 Å². The van der Waals surface area contributed by atoms with Crippen LogP contribution in [0.15, 0.2) is 12.1 Å². The molecule has 0 saturated heterocycles. The van der Waals surface area contributed by atoms with E-state index in [1.807, 2.05) is 0 Å². The van der Waals surface area contributed by atoms with Gasteiger partial charge in [0.05, 0.1) is 23.9 Å². The molecular weight excluding hydrogens is 211 g/mol. The molecule has 0 heterocycles. The minimum atomic E-state index is -3.12. The second kappa shape index (κ2) is 4.20. The number of halogens is 3. The van der Waals surface area contributed by atoms with Crippen molar-refractivity contribution in [1.29, 1.82) is 0 Å². The second-order valence-electron chi connectivity index (χ2n) is 2.72. The molecule has 0 spiro atoms. The van der Waals surface area contributed by atoms with Gasteiger partial charge in [-0.3, -0.25) is 0 Å². The van der Waals surface area contributed by atoms with Crippen LogP contribution in [0.1, 0.15) is 22.3 Å². The summed E-state index contributed by atoms with van der Waals surface area (Å²) in [5, 5.41) is 0. The number of benzene rings is 1. The molecule has 0 unspecified atom stereocenters. The van der Waals surface area contributed by atoms with Crippen LogP contribution in [0.2, 0.25) is 0 Å². The molecule has 1 aromatic carbocycles. The SMILES string of the molecule is COC(=O)c1ccc(N)c(F)c1C(F)F. The Kier molecular flexibility index (Phi) is 3.18. The van der Waals surface area contributed by atoms with Crippen LogP contribution in [0.25, 0.3) is 0 Å². The van der Waals surface area contributed by atoms with Crippen LogP contribution >= 0.6 is 0 Å². The minimum Gasteiger partial charge on any atom is -0.465 e. The number of carbonyl (C=O) groups is 1. The van der Waals surface area contributed by atoms with Gasteiger partial charge in [-0.15, -0.1) is 0 Å². The zero-order valence-corrected chi connectivity index (χ0v) is 7.76. The average Bonchev–Trinajstić information content (AvgIpc) is 2.20. The third-order valence-electron chi connectivity index (χ3n) is 1.83. The van der Waals surface area contributed by atoms with Gasteiger partial charge in [-0.25, -0.2) is 18.0 Å². The summed E-state index contributed by atoms with van der Waals surface area (Å²) < 4.78 is 42.4. The van der Waals surface area contributed by atoms with Crippen LogP contribution in [0, 0.1) is 5.82 Å². The third kappa shape index (κ3) is 2.03. The van der Waals surface area contributed by atoms with Gasteiger partial charge in [-0.05, 0) is 12.1 Å². The standard InChI is InChI=1S/C9H8F3NO2/c1-15-9(14)4-2-3-5(13)7(10)6(4)8(11)12/h2-3,8H,13H2,1H3. The van der Waals surface area contributed by atoms with E-state index in [0.717, 1.165) is 19.2 Å². The Labute approximate surface area is 83.6 Å². The first-order chi connectivity index (χ1) is 6.99. The highest BCUT2D eigenvalue weighted by Gasteiger charge is 2.24. The molecule has 0 saturated carbocycles. The number of carbonyl (C=O) groups excluding carboxylic acids is 1. The molecule has 3 nitrogen and oxygen atoms in total. The zero-order valence-electron chi connectivity index (χ0n) is 7.76. The van der Waals surface area contributed by atoms with Gasteiger partial charge in [0.2, 0.25) is 0 Å². The largest absolute Gasteiger partial charge is 0.465 e. The van der Waals surface area contributed by atoms with Crippen LogP contribution in [-0.2, 0) is 4.74 Å². The lowest BCUT2D eigenvalue weighted by Gasteiger charge is -2.09. The van der Waals surface area contributed by atoms with Gasteiger partial charge in [-0.2, -0.15) is 0 Å². The van der Waals surface area contributed by atoms with Crippen molar-refractivity contribution in [3.8, 4) is 0 Å². The van der Waals surface area contributed by atoms with E-state index >= 15 is 0 Å². The van der Waals surface area contributed by atoms with Gasteiger partial charge in [0.25, 0.3) is 6.43 Å². The van der Waals surface area contributed by atoms with E-state index in [2.05, 4.69) is 4.74 Å². The van der Waals surface area contributed by atoms with Crippen molar-refractivity contribution in [1.82, 2.24) is 0 Å². The molecule has 0 amide bonds. The second-order valence-corrected chi connectivity index (χ2v) is 2.72. The Morgan fingerprint density at radius 3 is 2.53 bits per heavy atom. The number of ether oxygens (including phenoxy) is 1. The quantitative estimate of drug-likeness (QED) is 0.612. The molecule has 0 fully saturated rings. The fraction of sp³-hybridized carbons (Fsp3) is 0.222. The fourth-order valence-electron chi connectivity index (χ4n) is 1.11. The van der Waals surface area contributed by atoms with E-state index in [0.29, 0.717) is 0 Å². The number of hydrogen-bond acceptors (Lipinski definition) is 3. The summed E-state index contributed by atoms with van der Waals surface area (Å²) >= 11 is 0. The summed E-state index contributed by atoms with van der Waals surface area (Å²) in [6.07, 6.45) is -3.12. The van der Waals surface area contributed by atoms with Crippen molar-refractivity contribution in [3.63, 3.8) is 0 Å². The van der Waals surface area contributed by atoms with Crippen LogP contribution in [0.4, 0.5) is 18.9 Å². The molecule has 0 atom stereocenters. The van der Waals surface area contributed by atoms with Crippen LogP contribution < -0.4 is 5.73 Å². The summed E-state index contributed by atoms with van der Waals surface area (Å²) in [5.41, 5.74) is 3.14. The highest BCUT2D eigenvalue weighted by molar-refractivity contribution is 5.91. The Bertz CT molecular complexity index is 393. The Balaban J connectivity index is 3.40.